The zero-order valence-corrected chi connectivity index (χ0v) is 23.7. The lowest BCUT2D eigenvalue weighted by Gasteiger charge is -2.26. The first-order valence-corrected chi connectivity index (χ1v) is 14.8. The average Bonchev–Trinajstić information content (AvgIpc) is 3.09. The van der Waals surface area contributed by atoms with Crippen LogP contribution in [-0.4, -0.2) is 0 Å². The number of para-hydroxylation sites is 1. The van der Waals surface area contributed by atoms with Gasteiger partial charge in [0.05, 0.1) is 0 Å². The first kappa shape index (κ1) is 25.1. The summed E-state index contributed by atoms with van der Waals surface area (Å²) in [6, 6.07) is 63.3. The van der Waals surface area contributed by atoms with E-state index < -0.39 is 0 Å². The fourth-order valence-corrected chi connectivity index (χ4v) is 6.36. The van der Waals surface area contributed by atoms with Gasteiger partial charge in [-0.2, -0.15) is 0 Å². The Balaban J connectivity index is 1.20. The summed E-state index contributed by atoms with van der Waals surface area (Å²) in [6.07, 6.45) is 0. The van der Waals surface area contributed by atoms with Crippen LogP contribution in [0.15, 0.2) is 176 Å². The molecule has 0 spiro atoms. The highest BCUT2D eigenvalue weighted by molar-refractivity contribution is 6.19. The largest absolute Gasteiger partial charge is 0.311 e. The van der Waals surface area contributed by atoms with E-state index in [1.54, 1.807) is 0 Å². The molecule has 0 aliphatic rings. The molecule has 8 aromatic carbocycles. The summed E-state index contributed by atoms with van der Waals surface area (Å²) in [5, 5.41) is 7.73. The van der Waals surface area contributed by atoms with Gasteiger partial charge in [-0.25, -0.2) is 0 Å². The van der Waals surface area contributed by atoms with Crippen molar-refractivity contribution in [2.75, 3.05) is 4.90 Å². The van der Waals surface area contributed by atoms with Crippen LogP contribution in [0.5, 0.6) is 0 Å². The van der Waals surface area contributed by atoms with E-state index in [0.717, 1.165) is 17.1 Å². The molecule has 0 bridgehead atoms. The van der Waals surface area contributed by atoms with E-state index in [0.29, 0.717) is 0 Å². The van der Waals surface area contributed by atoms with Crippen molar-refractivity contribution < 1.29 is 0 Å². The van der Waals surface area contributed by atoms with E-state index in [4.69, 9.17) is 0 Å². The molecule has 8 aromatic rings. The summed E-state index contributed by atoms with van der Waals surface area (Å²) in [5.41, 5.74) is 8.28. The zero-order chi connectivity index (χ0) is 28.6. The molecule has 0 atom stereocenters. The maximum absolute atomic E-state index is 2.32. The zero-order valence-electron chi connectivity index (χ0n) is 23.7. The van der Waals surface area contributed by atoms with Gasteiger partial charge in [-0.15, -0.1) is 0 Å². The van der Waals surface area contributed by atoms with Gasteiger partial charge in [-0.05, 0) is 91.0 Å². The summed E-state index contributed by atoms with van der Waals surface area (Å²) in [6.45, 7) is 0. The lowest BCUT2D eigenvalue weighted by Crippen LogP contribution is -2.09. The van der Waals surface area contributed by atoms with E-state index in [1.807, 2.05) is 0 Å². The van der Waals surface area contributed by atoms with E-state index in [9.17, 15) is 0 Å². The Morgan fingerprint density at radius 1 is 0.256 bits per heavy atom. The lowest BCUT2D eigenvalue weighted by atomic mass is 9.92. The normalized spacial score (nSPS) is 11.3. The molecule has 0 N–H and O–H groups in total. The van der Waals surface area contributed by atoms with E-state index in [-0.39, 0.29) is 0 Å². The molecule has 0 aliphatic carbocycles. The second-order valence-electron chi connectivity index (χ2n) is 11.0. The quantitative estimate of drug-likeness (QED) is 0.194. The maximum Gasteiger partial charge on any atom is 0.0462 e. The summed E-state index contributed by atoms with van der Waals surface area (Å²) in [7, 11) is 0. The molecule has 0 saturated carbocycles. The van der Waals surface area contributed by atoms with Crippen molar-refractivity contribution in [3.63, 3.8) is 0 Å². The van der Waals surface area contributed by atoms with E-state index >= 15 is 0 Å². The van der Waals surface area contributed by atoms with Crippen molar-refractivity contribution >= 4 is 49.4 Å². The minimum Gasteiger partial charge on any atom is -0.311 e. The van der Waals surface area contributed by atoms with Crippen molar-refractivity contribution in [3.8, 4) is 22.3 Å². The predicted octanol–water partition coefficient (Wildman–Crippen LogP) is 11.9. The molecule has 0 aliphatic heterocycles. The van der Waals surface area contributed by atoms with Gasteiger partial charge in [0.1, 0.15) is 0 Å². The molecule has 1 nitrogen and oxygen atoms in total. The molecule has 0 fully saturated rings. The molecular weight excluding hydrogens is 518 g/mol. The monoisotopic (exact) mass is 547 g/mol. The van der Waals surface area contributed by atoms with Crippen molar-refractivity contribution in [2.45, 2.75) is 0 Å². The number of benzene rings is 8. The Morgan fingerprint density at radius 3 is 1.49 bits per heavy atom. The average molecular weight is 548 g/mol. The topological polar surface area (TPSA) is 3.24 Å². The predicted molar refractivity (Wildman–Crippen MR) is 185 cm³/mol. The van der Waals surface area contributed by atoms with Gasteiger partial charge in [0.2, 0.25) is 0 Å². The molecular formula is C42H29N. The number of hydrogen-bond acceptors (Lipinski definition) is 1. The van der Waals surface area contributed by atoms with Crippen LogP contribution in [0.25, 0.3) is 54.6 Å². The third-order valence-corrected chi connectivity index (χ3v) is 8.47. The highest BCUT2D eigenvalue weighted by Crippen LogP contribution is 2.39. The minimum atomic E-state index is 1.12. The second-order valence-corrected chi connectivity index (χ2v) is 11.0. The molecule has 43 heavy (non-hydrogen) atoms. The number of anilines is 3. The lowest BCUT2D eigenvalue weighted by molar-refractivity contribution is 1.28. The Bertz CT molecular complexity index is 2200. The van der Waals surface area contributed by atoms with E-state index in [2.05, 4.69) is 181 Å². The smallest absolute Gasteiger partial charge is 0.0462 e. The van der Waals surface area contributed by atoms with Crippen LogP contribution in [0.4, 0.5) is 17.1 Å². The molecule has 0 radical (unpaired) electrons. The van der Waals surface area contributed by atoms with Crippen molar-refractivity contribution in [1.82, 2.24) is 0 Å². The number of hydrogen-bond donors (Lipinski definition) is 0. The summed E-state index contributed by atoms with van der Waals surface area (Å²) in [5.74, 6) is 0. The van der Waals surface area contributed by atoms with Crippen LogP contribution < -0.4 is 4.90 Å². The molecule has 1 heteroatoms. The molecule has 0 saturated heterocycles. The van der Waals surface area contributed by atoms with Gasteiger partial charge in [0.25, 0.3) is 0 Å². The molecule has 0 amide bonds. The van der Waals surface area contributed by atoms with Gasteiger partial charge in [0.15, 0.2) is 0 Å². The number of rotatable bonds is 5. The summed E-state index contributed by atoms with van der Waals surface area (Å²) < 4.78 is 0. The van der Waals surface area contributed by atoms with Gasteiger partial charge >= 0.3 is 0 Å². The van der Waals surface area contributed by atoms with Crippen LogP contribution >= 0.6 is 0 Å². The molecule has 202 valence electrons. The Hall–Kier alpha value is -5.66. The molecule has 8 rings (SSSR count). The Kier molecular flexibility index (Phi) is 6.20. The first-order valence-electron chi connectivity index (χ1n) is 14.8. The maximum atomic E-state index is 2.32. The molecule has 0 aromatic heterocycles. The van der Waals surface area contributed by atoms with Gasteiger partial charge in [-0.1, -0.05) is 140 Å². The van der Waals surface area contributed by atoms with Crippen LogP contribution in [-0.2, 0) is 0 Å². The third-order valence-electron chi connectivity index (χ3n) is 8.47. The third kappa shape index (κ3) is 4.52. The van der Waals surface area contributed by atoms with Gasteiger partial charge < -0.3 is 4.90 Å². The van der Waals surface area contributed by atoms with Crippen molar-refractivity contribution in [3.05, 3.63) is 176 Å². The van der Waals surface area contributed by atoms with Crippen LogP contribution in [0, 0.1) is 0 Å². The fraction of sp³-hybridized carbons (Fsp3) is 0. The Morgan fingerprint density at radius 2 is 0.744 bits per heavy atom. The van der Waals surface area contributed by atoms with Gasteiger partial charge in [-0.3, -0.25) is 0 Å². The summed E-state index contributed by atoms with van der Waals surface area (Å²) >= 11 is 0. The van der Waals surface area contributed by atoms with Crippen molar-refractivity contribution in [2.24, 2.45) is 0 Å². The highest BCUT2D eigenvalue weighted by atomic mass is 15.1. The number of nitrogens with zero attached hydrogens (tertiary/aromatic N) is 1. The first-order chi connectivity index (χ1) is 21.3. The van der Waals surface area contributed by atoms with Crippen LogP contribution in [0.2, 0.25) is 0 Å². The summed E-state index contributed by atoms with van der Waals surface area (Å²) in [4.78, 5) is 2.32. The number of fused-ring (bicyclic) bond motifs is 5. The van der Waals surface area contributed by atoms with Gasteiger partial charge in [0, 0.05) is 17.1 Å². The van der Waals surface area contributed by atoms with Crippen molar-refractivity contribution in [1.29, 1.82) is 0 Å². The van der Waals surface area contributed by atoms with Crippen LogP contribution in [0.3, 0.4) is 0 Å². The second kappa shape index (κ2) is 10.6. The Labute approximate surface area is 251 Å². The minimum absolute atomic E-state index is 1.12. The highest BCUT2D eigenvalue weighted by Gasteiger charge is 2.14. The SMILES string of the molecule is c1ccc(-c2ccc(N(c3ccccc3)c3ccc(-c4cccc5c4ccc4c6ccccc6ccc54)cc3)cc2)cc1. The molecule has 0 unspecified atom stereocenters. The van der Waals surface area contributed by atoms with E-state index in [1.165, 1.54) is 54.6 Å². The van der Waals surface area contributed by atoms with Crippen LogP contribution in [0.1, 0.15) is 0 Å². The standard InChI is InChI=1S/C42H29N/c1-3-10-30(11-4-1)31-18-23-35(24-19-31)43(34-13-5-2-6-14-34)36-25-20-33(21-26-36)38-16-9-17-39-40(38)28-29-41-37-15-8-7-12-32(37)22-27-42(39)41/h1-29H. The fourth-order valence-electron chi connectivity index (χ4n) is 6.36. The molecule has 0 heterocycles.